The van der Waals surface area contributed by atoms with Crippen LogP contribution in [0.3, 0.4) is 0 Å². The Labute approximate surface area is 152 Å². The monoisotopic (exact) mass is 350 g/mol. The molecule has 0 spiro atoms. The Hall–Kier alpha value is -2.87. The first-order chi connectivity index (χ1) is 12.8. The van der Waals surface area contributed by atoms with Crippen molar-refractivity contribution in [2.45, 2.75) is 38.8 Å². The molecule has 134 valence electrons. The second-order valence-corrected chi connectivity index (χ2v) is 6.53. The number of nitrogens with one attached hydrogen (secondary N) is 2. The Bertz CT molecular complexity index is 834. The Kier molecular flexibility index (Phi) is 4.83. The summed E-state index contributed by atoms with van der Waals surface area (Å²) in [4.78, 5) is 20.3. The Balaban J connectivity index is 1.58. The Morgan fingerprint density at radius 1 is 1.19 bits per heavy atom. The smallest absolute Gasteiger partial charge is 0.150 e. The van der Waals surface area contributed by atoms with Crippen molar-refractivity contribution >= 4 is 11.6 Å². The van der Waals surface area contributed by atoms with Crippen LogP contribution < -0.4 is 5.32 Å². The Morgan fingerprint density at radius 3 is 2.96 bits per heavy atom. The molecule has 1 unspecified atom stereocenters. The number of piperidine rings is 1. The fourth-order valence-electron chi connectivity index (χ4n) is 3.36. The number of H-pyrrole nitrogens is 1. The average molecular weight is 350 g/mol. The summed E-state index contributed by atoms with van der Waals surface area (Å²) in [6, 6.07) is 4.15. The van der Waals surface area contributed by atoms with Gasteiger partial charge < -0.3 is 5.32 Å². The van der Waals surface area contributed by atoms with E-state index in [0.717, 1.165) is 42.5 Å². The van der Waals surface area contributed by atoms with Gasteiger partial charge in [-0.25, -0.2) is 15.0 Å². The van der Waals surface area contributed by atoms with Gasteiger partial charge in [0.05, 0.1) is 12.2 Å². The van der Waals surface area contributed by atoms with Crippen LogP contribution in [0.4, 0.5) is 11.6 Å². The molecule has 3 aromatic heterocycles. The molecule has 0 aliphatic carbocycles. The lowest BCUT2D eigenvalue weighted by Crippen LogP contribution is -2.34. The zero-order valence-corrected chi connectivity index (χ0v) is 14.8. The molecule has 4 heterocycles. The van der Waals surface area contributed by atoms with E-state index in [2.05, 4.69) is 30.4 Å². The fourth-order valence-corrected chi connectivity index (χ4v) is 3.36. The molecule has 0 saturated carbocycles. The van der Waals surface area contributed by atoms with Crippen LogP contribution in [0.1, 0.15) is 42.5 Å². The second-order valence-electron chi connectivity index (χ2n) is 6.53. The molecule has 1 fully saturated rings. The molecule has 0 radical (unpaired) electrons. The summed E-state index contributed by atoms with van der Waals surface area (Å²) in [6.07, 6.45) is 10.2. The fraction of sp³-hybridized carbons (Fsp3) is 0.389. The SMILES string of the molecule is Cc1cc(Nc2cnccn2)nc(C2CCCCN2Cc2ccn[nH]2)n1. The van der Waals surface area contributed by atoms with Crippen LogP contribution >= 0.6 is 0 Å². The van der Waals surface area contributed by atoms with Crippen molar-refractivity contribution < 1.29 is 0 Å². The predicted molar refractivity (Wildman–Crippen MR) is 97.7 cm³/mol. The maximum absolute atomic E-state index is 4.77. The third-order valence-corrected chi connectivity index (χ3v) is 4.53. The van der Waals surface area contributed by atoms with Gasteiger partial charge in [-0.05, 0) is 32.4 Å². The van der Waals surface area contributed by atoms with E-state index in [-0.39, 0.29) is 6.04 Å². The van der Waals surface area contributed by atoms with Gasteiger partial charge in [0.25, 0.3) is 0 Å². The standard InChI is InChI=1S/C18H22N8/c1-13-10-16(23-17-11-19-7-8-20-17)24-18(22-13)15-4-2-3-9-26(15)12-14-5-6-21-25-14/h5-8,10-11,15H,2-4,9,12H2,1H3,(H,21,25)(H,20,22,23,24). The second kappa shape index (κ2) is 7.57. The van der Waals surface area contributed by atoms with Crippen molar-refractivity contribution in [3.8, 4) is 0 Å². The minimum atomic E-state index is 0.203. The lowest BCUT2D eigenvalue weighted by Gasteiger charge is -2.34. The van der Waals surface area contributed by atoms with Crippen molar-refractivity contribution in [2.24, 2.45) is 0 Å². The highest BCUT2D eigenvalue weighted by atomic mass is 15.2. The highest BCUT2D eigenvalue weighted by Crippen LogP contribution is 2.31. The molecule has 26 heavy (non-hydrogen) atoms. The van der Waals surface area contributed by atoms with E-state index in [0.29, 0.717) is 5.82 Å². The zero-order valence-electron chi connectivity index (χ0n) is 14.8. The number of likely N-dealkylation sites (tertiary alicyclic amines) is 1. The number of rotatable bonds is 5. The van der Waals surface area contributed by atoms with Crippen molar-refractivity contribution in [2.75, 3.05) is 11.9 Å². The summed E-state index contributed by atoms with van der Waals surface area (Å²) < 4.78 is 0. The maximum Gasteiger partial charge on any atom is 0.150 e. The predicted octanol–water partition coefficient (Wildman–Crippen LogP) is 2.77. The van der Waals surface area contributed by atoms with Crippen molar-refractivity contribution in [1.82, 2.24) is 35.0 Å². The number of aromatic amines is 1. The Morgan fingerprint density at radius 2 is 2.15 bits per heavy atom. The molecule has 1 atom stereocenters. The van der Waals surface area contributed by atoms with Crippen molar-refractivity contribution in [1.29, 1.82) is 0 Å². The van der Waals surface area contributed by atoms with Gasteiger partial charge in [0.2, 0.25) is 0 Å². The molecular formula is C18H22N8. The molecule has 1 aliphatic rings. The van der Waals surface area contributed by atoms with Gasteiger partial charge in [-0.15, -0.1) is 0 Å². The van der Waals surface area contributed by atoms with E-state index < -0.39 is 0 Å². The van der Waals surface area contributed by atoms with Gasteiger partial charge in [-0.2, -0.15) is 5.10 Å². The number of hydrogen-bond acceptors (Lipinski definition) is 7. The van der Waals surface area contributed by atoms with Crippen LogP contribution in [0.5, 0.6) is 0 Å². The number of nitrogens with zero attached hydrogens (tertiary/aromatic N) is 6. The summed E-state index contributed by atoms with van der Waals surface area (Å²) in [5.41, 5.74) is 2.05. The molecular weight excluding hydrogens is 328 g/mol. The molecule has 8 nitrogen and oxygen atoms in total. The van der Waals surface area contributed by atoms with Gasteiger partial charge in [0.15, 0.2) is 0 Å². The van der Waals surface area contributed by atoms with Gasteiger partial charge >= 0.3 is 0 Å². The largest absolute Gasteiger partial charge is 0.324 e. The zero-order chi connectivity index (χ0) is 17.8. The summed E-state index contributed by atoms with van der Waals surface area (Å²) in [6.45, 7) is 3.86. The van der Waals surface area contributed by atoms with Gasteiger partial charge in [0, 0.05) is 42.6 Å². The highest BCUT2D eigenvalue weighted by molar-refractivity contribution is 5.50. The first kappa shape index (κ1) is 16.6. The molecule has 1 saturated heterocycles. The average Bonchev–Trinajstić information content (AvgIpc) is 3.16. The van der Waals surface area contributed by atoms with Crippen LogP contribution in [0.25, 0.3) is 0 Å². The van der Waals surface area contributed by atoms with E-state index in [9.17, 15) is 0 Å². The summed E-state index contributed by atoms with van der Waals surface area (Å²) in [7, 11) is 0. The lowest BCUT2D eigenvalue weighted by atomic mass is 10.0. The van der Waals surface area contributed by atoms with E-state index >= 15 is 0 Å². The third-order valence-electron chi connectivity index (χ3n) is 4.53. The molecule has 0 amide bonds. The van der Waals surface area contributed by atoms with E-state index in [4.69, 9.17) is 9.97 Å². The van der Waals surface area contributed by atoms with Gasteiger partial charge in [0.1, 0.15) is 17.5 Å². The van der Waals surface area contributed by atoms with E-state index in [1.807, 2.05) is 19.1 Å². The van der Waals surface area contributed by atoms with Gasteiger partial charge in [-0.3, -0.25) is 15.0 Å². The molecule has 8 heteroatoms. The molecule has 2 N–H and O–H groups in total. The van der Waals surface area contributed by atoms with Gasteiger partial charge in [-0.1, -0.05) is 6.42 Å². The molecule has 3 aromatic rings. The summed E-state index contributed by atoms with van der Waals surface area (Å²) in [5.74, 6) is 2.28. The molecule has 0 bridgehead atoms. The van der Waals surface area contributed by atoms with Crippen LogP contribution in [0, 0.1) is 6.92 Å². The number of aryl methyl sites for hydroxylation is 1. The van der Waals surface area contributed by atoms with Crippen LogP contribution in [0.2, 0.25) is 0 Å². The first-order valence-corrected chi connectivity index (χ1v) is 8.89. The van der Waals surface area contributed by atoms with Crippen molar-refractivity contribution in [3.05, 3.63) is 54.1 Å². The molecule has 1 aliphatic heterocycles. The minimum absolute atomic E-state index is 0.203. The topological polar surface area (TPSA) is 95.5 Å². The number of aromatic nitrogens is 6. The highest BCUT2D eigenvalue weighted by Gasteiger charge is 2.27. The van der Waals surface area contributed by atoms with Crippen LogP contribution in [0.15, 0.2) is 36.9 Å². The first-order valence-electron chi connectivity index (χ1n) is 8.89. The van der Waals surface area contributed by atoms with E-state index in [1.54, 1.807) is 24.8 Å². The van der Waals surface area contributed by atoms with E-state index in [1.165, 1.54) is 12.8 Å². The minimum Gasteiger partial charge on any atom is -0.324 e. The molecule has 4 rings (SSSR count). The molecule has 0 aromatic carbocycles. The maximum atomic E-state index is 4.77. The van der Waals surface area contributed by atoms with Crippen LogP contribution in [-0.4, -0.2) is 41.6 Å². The van der Waals surface area contributed by atoms with Crippen molar-refractivity contribution in [3.63, 3.8) is 0 Å². The number of anilines is 2. The quantitative estimate of drug-likeness (QED) is 0.730. The third kappa shape index (κ3) is 3.85. The summed E-state index contributed by atoms with van der Waals surface area (Å²) >= 11 is 0. The number of hydrogen-bond donors (Lipinski definition) is 2. The normalized spacial score (nSPS) is 18.0. The summed E-state index contributed by atoms with van der Waals surface area (Å²) in [5, 5.41) is 10.3. The van der Waals surface area contributed by atoms with Crippen LogP contribution in [-0.2, 0) is 6.54 Å². The lowest BCUT2D eigenvalue weighted by molar-refractivity contribution is 0.132.